The van der Waals surface area contributed by atoms with Crippen LogP contribution < -0.4 is 0 Å². The van der Waals surface area contributed by atoms with Gasteiger partial charge in [-0.05, 0) is 19.1 Å². The number of pyridine rings is 1. The molecule has 1 aromatic heterocycles. The number of hydrogen-bond acceptors (Lipinski definition) is 3. The van der Waals surface area contributed by atoms with Gasteiger partial charge in [-0.2, -0.15) is 10.2 Å². The minimum absolute atomic E-state index is 0.781. The van der Waals surface area contributed by atoms with E-state index in [9.17, 15) is 0 Å². The Labute approximate surface area is 65.2 Å². The van der Waals surface area contributed by atoms with Crippen LogP contribution in [-0.4, -0.2) is 11.5 Å². The molecular weight excluding hydrogens is 138 g/mol. The van der Waals surface area contributed by atoms with Crippen LogP contribution in [0.3, 0.4) is 0 Å². The van der Waals surface area contributed by atoms with Gasteiger partial charge in [-0.15, -0.1) is 0 Å². The summed E-state index contributed by atoms with van der Waals surface area (Å²) in [6.45, 7) is 2.77. The van der Waals surface area contributed by atoms with E-state index in [0.717, 1.165) is 30.0 Å². The number of rotatable bonds is 0. The largest absolute Gasteiger partial charge is 0.256 e. The van der Waals surface area contributed by atoms with E-state index in [1.807, 2.05) is 19.1 Å². The number of hydrogen-bond donors (Lipinski definition) is 0. The first-order chi connectivity index (χ1) is 5.36. The molecule has 0 atom stereocenters. The topological polar surface area (TPSA) is 37.6 Å². The fourth-order valence-corrected chi connectivity index (χ4v) is 1.16. The second kappa shape index (κ2) is 2.42. The minimum Gasteiger partial charge on any atom is -0.256 e. The molecule has 3 heteroatoms. The molecule has 0 radical (unpaired) electrons. The van der Waals surface area contributed by atoms with Crippen LogP contribution in [0.2, 0.25) is 0 Å². The summed E-state index contributed by atoms with van der Waals surface area (Å²) in [5.41, 5.74) is 3.07. The van der Waals surface area contributed by atoms with Crippen LogP contribution >= 0.6 is 0 Å². The lowest BCUT2D eigenvalue weighted by atomic mass is 10.2. The second-order valence-electron chi connectivity index (χ2n) is 2.63. The van der Waals surface area contributed by atoms with Gasteiger partial charge in [0.1, 0.15) is 5.69 Å². The maximum atomic E-state index is 4.36. The molecule has 1 aliphatic heterocycles. The normalized spacial score (nSPS) is 14.6. The SMILES string of the molecule is Cc1ccc2c(n1)CCN=N2. The van der Waals surface area contributed by atoms with Crippen LogP contribution in [0.5, 0.6) is 0 Å². The third-order valence-corrected chi connectivity index (χ3v) is 1.72. The van der Waals surface area contributed by atoms with Gasteiger partial charge in [0.15, 0.2) is 0 Å². The van der Waals surface area contributed by atoms with E-state index in [0.29, 0.717) is 0 Å². The highest BCUT2D eigenvalue weighted by Gasteiger charge is 2.06. The summed E-state index contributed by atoms with van der Waals surface area (Å²) in [7, 11) is 0. The summed E-state index contributed by atoms with van der Waals surface area (Å²) < 4.78 is 0. The molecule has 0 bridgehead atoms. The first-order valence-corrected chi connectivity index (χ1v) is 3.70. The van der Waals surface area contributed by atoms with E-state index in [1.165, 1.54) is 0 Å². The maximum Gasteiger partial charge on any atom is 0.107 e. The molecule has 0 spiro atoms. The van der Waals surface area contributed by atoms with E-state index in [2.05, 4.69) is 15.2 Å². The summed E-state index contributed by atoms with van der Waals surface area (Å²) in [5, 5.41) is 7.93. The second-order valence-corrected chi connectivity index (χ2v) is 2.63. The summed E-state index contributed by atoms with van der Waals surface area (Å²) in [6.07, 6.45) is 0.931. The Hall–Kier alpha value is -1.25. The van der Waals surface area contributed by atoms with Crippen molar-refractivity contribution in [1.29, 1.82) is 0 Å². The van der Waals surface area contributed by atoms with Crippen molar-refractivity contribution in [2.45, 2.75) is 13.3 Å². The quantitative estimate of drug-likeness (QED) is 0.553. The van der Waals surface area contributed by atoms with Gasteiger partial charge < -0.3 is 0 Å². The van der Waals surface area contributed by atoms with Gasteiger partial charge in [-0.3, -0.25) is 4.98 Å². The monoisotopic (exact) mass is 147 g/mol. The van der Waals surface area contributed by atoms with E-state index in [4.69, 9.17) is 0 Å². The fraction of sp³-hybridized carbons (Fsp3) is 0.375. The predicted molar refractivity (Wildman–Crippen MR) is 42.1 cm³/mol. The van der Waals surface area contributed by atoms with E-state index >= 15 is 0 Å². The lowest BCUT2D eigenvalue weighted by Gasteiger charge is -2.06. The summed E-state index contributed by atoms with van der Waals surface area (Å²) in [6, 6.07) is 3.93. The van der Waals surface area contributed by atoms with E-state index < -0.39 is 0 Å². The molecule has 0 fully saturated rings. The van der Waals surface area contributed by atoms with Crippen molar-refractivity contribution in [3.05, 3.63) is 23.5 Å². The summed E-state index contributed by atoms with van der Waals surface area (Å²) in [5.74, 6) is 0. The third-order valence-electron chi connectivity index (χ3n) is 1.72. The molecule has 0 unspecified atom stereocenters. The number of aryl methyl sites for hydroxylation is 1. The molecule has 1 aliphatic rings. The first kappa shape index (κ1) is 6.46. The Morgan fingerprint density at radius 1 is 1.36 bits per heavy atom. The smallest absolute Gasteiger partial charge is 0.107 e. The number of nitrogens with zero attached hydrogens (tertiary/aromatic N) is 3. The fourth-order valence-electron chi connectivity index (χ4n) is 1.16. The Balaban J connectivity index is 2.53. The van der Waals surface area contributed by atoms with Gasteiger partial charge in [0.25, 0.3) is 0 Å². The van der Waals surface area contributed by atoms with Crippen molar-refractivity contribution in [3.63, 3.8) is 0 Å². The zero-order valence-corrected chi connectivity index (χ0v) is 6.41. The zero-order chi connectivity index (χ0) is 7.68. The lowest BCUT2D eigenvalue weighted by molar-refractivity contribution is 0.826. The zero-order valence-electron chi connectivity index (χ0n) is 6.41. The predicted octanol–water partition coefficient (Wildman–Crippen LogP) is 2.03. The van der Waals surface area contributed by atoms with Crippen molar-refractivity contribution in [2.75, 3.05) is 6.54 Å². The standard InChI is InChI=1S/C8H9N3/c1-6-2-3-8-7(10-6)4-5-9-11-8/h2-3H,4-5H2,1H3. The number of aromatic nitrogens is 1. The molecular formula is C8H9N3. The molecule has 56 valence electrons. The van der Waals surface area contributed by atoms with Gasteiger partial charge >= 0.3 is 0 Å². The Morgan fingerprint density at radius 3 is 3.18 bits per heavy atom. The average molecular weight is 147 g/mol. The maximum absolute atomic E-state index is 4.36. The summed E-state index contributed by atoms with van der Waals surface area (Å²) in [4.78, 5) is 4.36. The highest BCUT2D eigenvalue weighted by atomic mass is 15.1. The first-order valence-electron chi connectivity index (χ1n) is 3.70. The van der Waals surface area contributed by atoms with Crippen LogP contribution in [0, 0.1) is 6.92 Å². The molecule has 3 nitrogen and oxygen atoms in total. The van der Waals surface area contributed by atoms with Crippen LogP contribution in [0.1, 0.15) is 11.4 Å². The highest BCUT2D eigenvalue weighted by molar-refractivity contribution is 5.42. The molecule has 0 saturated heterocycles. The molecule has 0 amide bonds. The molecule has 2 rings (SSSR count). The minimum atomic E-state index is 0.781. The van der Waals surface area contributed by atoms with Gasteiger partial charge in [-0.1, -0.05) is 0 Å². The van der Waals surface area contributed by atoms with Crippen LogP contribution in [0.25, 0.3) is 0 Å². The van der Waals surface area contributed by atoms with Crippen LogP contribution in [-0.2, 0) is 6.42 Å². The molecule has 0 aliphatic carbocycles. The van der Waals surface area contributed by atoms with E-state index in [-0.39, 0.29) is 0 Å². The van der Waals surface area contributed by atoms with Crippen molar-refractivity contribution in [2.24, 2.45) is 10.2 Å². The molecule has 0 aromatic carbocycles. The third kappa shape index (κ3) is 1.13. The highest BCUT2D eigenvalue weighted by Crippen LogP contribution is 2.21. The van der Waals surface area contributed by atoms with Crippen LogP contribution in [0.15, 0.2) is 22.4 Å². The summed E-state index contributed by atoms with van der Waals surface area (Å²) >= 11 is 0. The van der Waals surface area contributed by atoms with Gasteiger partial charge in [0.2, 0.25) is 0 Å². The number of azo groups is 1. The van der Waals surface area contributed by atoms with Crippen LogP contribution in [0.4, 0.5) is 5.69 Å². The van der Waals surface area contributed by atoms with Gasteiger partial charge in [-0.25, -0.2) is 0 Å². The lowest BCUT2D eigenvalue weighted by Crippen LogP contribution is -1.98. The van der Waals surface area contributed by atoms with E-state index in [1.54, 1.807) is 0 Å². The van der Waals surface area contributed by atoms with Crippen molar-refractivity contribution < 1.29 is 0 Å². The molecule has 0 N–H and O–H groups in total. The Bertz CT molecular complexity index is 304. The van der Waals surface area contributed by atoms with Gasteiger partial charge in [0.05, 0.1) is 12.2 Å². The van der Waals surface area contributed by atoms with Crippen molar-refractivity contribution in [3.8, 4) is 0 Å². The Morgan fingerprint density at radius 2 is 2.27 bits per heavy atom. The molecule has 0 saturated carbocycles. The Kier molecular flexibility index (Phi) is 1.42. The van der Waals surface area contributed by atoms with Gasteiger partial charge in [0, 0.05) is 12.1 Å². The van der Waals surface area contributed by atoms with Crippen molar-refractivity contribution >= 4 is 5.69 Å². The van der Waals surface area contributed by atoms with Crippen molar-refractivity contribution in [1.82, 2.24) is 4.98 Å². The average Bonchev–Trinajstić information content (AvgIpc) is 2.04. The molecule has 2 heterocycles. The number of fused-ring (bicyclic) bond motifs is 1. The molecule has 11 heavy (non-hydrogen) atoms. The molecule has 1 aromatic rings.